The van der Waals surface area contributed by atoms with E-state index in [0.29, 0.717) is 6.04 Å². The molecule has 0 bridgehead atoms. The molecule has 0 aliphatic carbocycles. The minimum Gasteiger partial charge on any atom is -0.366 e. The summed E-state index contributed by atoms with van der Waals surface area (Å²) in [6, 6.07) is 14.0. The minimum absolute atomic E-state index is 0.0254. The van der Waals surface area contributed by atoms with Crippen molar-refractivity contribution in [3.05, 3.63) is 65.5 Å². The van der Waals surface area contributed by atoms with Crippen molar-refractivity contribution < 1.29 is 0 Å². The van der Waals surface area contributed by atoms with E-state index in [1.54, 1.807) is 0 Å². The van der Waals surface area contributed by atoms with Crippen molar-refractivity contribution in [3.63, 3.8) is 0 Å². The number of likely N-dealkylation sites (N-methyl/N-ethyl adjacent to an activating group) is 1. The normalized spacial score (nSPS) is 26.9. The van der Waals surface area contributed by atoms with Gasteiger partial charge in [-0.15, -0.1) is 0 Å². The summed E-state index contributed by atoms with van der Waals surface area (Å²) >= 11 is 1.90. The summed E-state index contributed by atoms with van der Waals surface area (Å²) in [4.78, 5) is 14.8. The van der Waals surface area contributed by atoms with Gasteiger partial charge >= 0.3 is 0 Å². The van der Waals surface area contributed by atoms with Crippen LogP contribution in [0.4, 0.5) is 5.69 Å². The largest absolute Gasteiger partial charge is 0.366 e. The second-order valence-electron chi connectivity index (χ2n) is 9.15. The molecule has 3 aliphatic heterocycles. The summed E-state index contributed by atoms with van der Waals surface area (Å²) in [6.07, 6.45) is 5.40. The van der Waals surface area contributed by atoms with Gasteiger partial charge in [0.05, 0.1) is 17.3 Å². The van der Waals surface area contributed by atoms with Gasteiger partial charge in [-0.1, -0.05) is 36.9 Å². The summed E-state index contributed by atoms with van der Waals surface area (Å²) in [7, 11) is 2.19. The monoisotopic (exact) mass is 418 g/mol. The Kier molecular flexibility index (Phi) is 4.69. The number of aromatic nitrogens is 1. The van der Waals surface area contributed by atoms with Crippen LogP contribution in [0.25, 0.3) is 5.57 Å². The Hall–Kier alpha value is -2.27. The Morgan fingerprint density at radius 2 is 2.03 bits per heavy atom. The van der Waals surface area contributed by atoms with Gasteiger partial charge in [0.1, 0.15) is 6.04 Å². The number of nitrogens with zero attached hydrogens (tertiary/aromatic N) is 4. The first-order valence-electron chi connectivity index (χ1n) is 10.9. The summed E-state index contributed by atoms with van der Waals surface area (Å²) in [6.45, 7) is 9.07. The summed E-state index contributed by atoms with van der Waals surface area (Å²) in [5, 5.41) is 1.19. The standard InChI is InChI=1S/C25H30N4S/c1-6-18-15-30-24-27-22(20-9-7-8-12-26-20)23(29(18)24)17-10-11-21-19(13-17)16(2)14-25(3,4)28(21)5/h7-14,18,22-23H,6,15H2,1-5H3/t18-,22-,23-/m1/s1. The number of benzene rings is 1. The first kappa shape index (κ1) is 19.7. The number of thioether (sulfide) groups is 1. The molecule has 4 heterocycles. The molecule has 2 aromatic rings. The molecular weight excluding hydrogens is 388 g/mol. The molecule has 1 aromatic carbocycles. The fourth-order valence-electron chi connectivity index (χ4n) is 5.07. The maximum atomic E-state index is 5.16. The lowest BCUT2D eigenvalue weighted by Gasteiger charge is -2.41. The van der Waals surface area contributed by atoms with Crippen LogP contribution >= 0.6 is 11.8 Å². The van der Waals surface area contributed by atoms with E-state index in [1.165, 1.54) is 27.6 Å². The molecule has 0 radical (unpaired) electrons. The summed E-state index contributed by atoms with van der Waals surface area (Å²) < 4.78 is 0. The molecule has 5 heteroatoms. The van der Waals surface area contributed by atoms with Crippen LogP contribution in [0.1, 0.15) is 63.0 Å². The molecule has 0 N–H and O–H groups in total. The zero-order valence-electron chi connectivity index (χ0n) is 18.5. The molecule has 0 saturated carbocycles. The molecule has 0 unspecified atom stereocenters. The molecule has 1 saturated heterocycles. The zero-order chi connectivity index (χ0) is 21.0. The maximum Gasteiger partial charge on any atom is 0.160 e. The predicted octanol–water partition coefficient (Wildman–Crippen LogP) is 5.69. The van der Waals surface area contributed by atoms with E-state index >= 15 is 0 Å². The van der Waals surface area contributed by atoms with Crippen LogP contribution in [0.2, 0.25) is 0 Å². The molecule has 4 nitrogen and oxygen atoms in total. The number of pyridine rings is 1. The third kappa shape index (κ3) is 2.97. The number of anilines is 1. The molecule has 1 aromatic heterocycles. The SMILES string of the molecule is CC[C@@H]1CSC2=N[C@H](c3ccccn3)[C@@H](c3ccc4c(c3)C(C)=CC(C)(C)N4C)N21. The average molecular weight is 419 g/mol. The van der Waals surface area contributed by atoms with Gasteiger partial charge in [0, 0.05) is 36.3 Å². The fraction of sp³-hybridized carbons (Fsp3) is 0.440. The summed E-state index contributed by atoms with van der Waals surface area (Å²) in [5.74, 6) is 1.13. The summed E-state index contributed by atoms with van der Waals surface area (Å²) in [5.41, 5.74) is 6.42. The lowest BCUT2D eigenvalue weighted by atomic mass is 9.86. The van der Waals surface area contributed by atoms with Gasteiger partial charge in [0.15, 0.2) is 5.17 Å². The van der Waals surface area contributed by atoms with Gasteiger partial charge in [0.25, 0.3) is 0 Å². The van der Waals surface area contributed by atoms with Crippen LogP contribution < -0.4 is 4.90 Å². The number of rotatable bonds is 3. The number of fused-ring (bicyclic) bond motifs is 2. The van der Waals surface area contributed by atoms with Crippen molar-refractivity contribution in [2.45, 2.75) is 57.8 Å². The molecule has 0 amide bonds. The predicted molar refractivity (Wildman–Crippen MR) is 128 cm³/mol. The Bertz CT molecular complexity index is 1030. The number of allylic oxidation sites excluding steroid dienone is 1. The fourth-order valence-corrected chi connectivity index (χ4v) is 6.41. The van der Waals surface area contributed by atoms with E-state index in [1.807, 2.05) is 24.0 Å². The van der Waals surface area contributed by atoms with Gasteiger partial charge in [-0.25, -0.2) is 0 Å². The van der Waals surface area contributed by atoms with E-state index in [9.17, 15) is 0 Å². The molecule has 3 aliphatic rings. The third-order valence-corrected chi connectivity index (χ3v) is 8.04. The second kappa shape index (κ2) is 7.16. The van der Waals surface area contributed by atoms with Gasteiger partial charge in [-0.05, 0) is 62.6 Å². The number of amidine groups is 1. The van der Waals surface area contributed by atoms with Gasteiger partial charge in [0.2, 0.25) is 0 Å². The van der Waals surface area contributed by atoms with Crippen molar-refractivity contribution in [2.24, 2.45) is 4.99 Å². The molecule has 30 heavy (non-hydrogen) atoms. The van der Waals surface area contributed by atoms with Crippen molar-refractivity contribution in [3.8, 4) is 0 Å². The Morgan fingerprint density at radius 3 is 2.77 bits per heavy atom. The van der Waals surface area contributed by atoms with Crippen LogP contribution in [-0.2, 0) is 0 Å². The number of hydrogen-bond donors (Lipinski definition) is 0. The van der Waals surface area contributed by atoms with Gasteiger partial charge in [-0.3, -0.25) is 9.98 Å². The first-order valence-corrected chi connectivity index (χ1v) is 11.9. The minimum atomic E-state index is 0.0254. The lowest BCUT2D eigenvalue weighted by Crippen LogP contribution is -2.42. The molecular formula is C25H30N4S. The molecule has 5 rings (SSSR count). The van der Waals surface area contributed by atoms with Gasteiger partial charge < -0.3 is 9.80 Å². The third-order valence-electron chi connectivity index (χ3n) is 6.91. The van der Waals surface area contributed by atoms with Crippen molar-refractivity contribution in [1.29, 1.82) is 0 Å². The van der Waals surface area contributed by atoms with Crippen LogP contribution in [-0.4, -0.2) is 39.4 Å². The van der Waals surface area contributed by atoms with Crippen LogP contribution in [0, 0.1) is 0 Å². The number of aliphatic imine (C=N–C) groups is 1. The highest BCUT2D eigenvalue weighted by Crippen LogP contribution is 2.50. The van der Waals surface area contributed by atoms with E-state index in [-0.39, 0.29) is 17.6 Å². The highest BCUT2D eigenvalue weighted by molar-refractivity contribution is 8.14. The molecule has 1 fully saturated rings. The zero-order valence-corrected chi connectivity index (χ0v) is 19.3. The van der Waals surface area contributed by atoms with Crippen LogP contribution in [0.3, 0.4) is 0 Å². The Labute approximate surface area is 184 Å². The quantitative estimate of drug-likeness (QED) is 0.641. The Morgan fingerprint density at radius 1 is 1.20 bits per heavy atom. The van der Waals surface area contributed by atoms with Crippen molar-refractivity contribution in [2.75, 3.05) is 17.7 Å². The van der Waals surface area contributed by atoms with Crippen molar-refractivity contribution >= 4 is 28.2 Å². The van der Waals surface area contributed by atoms with E-state index in [2.05, 4.69) is 85.9 Å². The van der Waals surface area contributed by atoms with Crippen LogP contribution in [0.15, 0.2) is 53.7 Å². The number of hydrogen-bond acceptors (Lipinski definition) is 5. The lowest BCUT2D eigenvalue weighted by molar-refractivity contribution is 0.255. The highest BCUT2D eigenvalue weighted by atomic mass is 32.2. The smallest absolute Gasteiger partial charge is 0.160 e. The Balaban J connectivity index is 1.62. The van der Waals surface area contributed by atoms with Gasteiger partial charge in [-0.2, -0.15) is 0 Å². The average Bonchev–Trinajstić information content (AvgIpc) is 3.31. The van der Waals surface area contributed by atoms with E-state index in [4.69, 9.17) is 4.99 Å². The van der Waals surface area contributed by atoms with E-state index < -0.39 is 0 Å². The first-order chi connectivity index (χ1) is 14.4. The van der Waals surface area contributed by atoms with Crippen LogP contribution in [0.5, 0.6) is 0 Å². The molecule has 3 atom stereocenters. The maximum absolute atomic E-state index is 5.16. The molecule has 0 spiro atoms. The second-order valence-corrected chi connectivity index (χ2v) is 10.1. The van der Waals surface area contributed by atoms with Crippen molar-refractivity contribution in [1.82, 2.24) is 9.88 Å². The topological polar surface area (TPSA) is 31.7 Å². The molecule has 156 valence electrons. The highest BCUT2D eigenvalue weighted by Gasteiger charge is 2.45. The van der Waals surface area contributed by atoms with E-state index in [0.717, 1.165) is 17.9 Å².